The second-order valence-electron chi connectivity index (χ2n) is 6.06. The summed E-state index contributed by atoms with van der Waals surface area (Å²) in [5.74, 6) is 2.30. The van der Waals surface area contributed by atoms with Gasteiger partial charge in [-0.1, -0.05) is 12.1 Å². The first-order chi connectivity index (χ1) is 13.1. The van der Waals surface area contributed by atoms with E-state index in [0.717, 1.165) is 11.5 Å². The van der Waals surface area contributed by atoms with Crippen molar-refractivity contribution in [1.29, 1.82) is 0 Å². The molecule has 1 atom stereocenters. The molecule has 27 heavy (non-hydrogen) atoms. The van der Waals surface area contributed by atoms with Crippen LogP contribution < -0.4 is 4.74 Å². The first kappa shape index (κ1) is 19.8. The van der Waals surface area contributed by atoms with Crippen molar-refractivity contribution in [2.45, 2.75) is 24.5 Å². The molecule has 0 radical (unpaired) electrons. The number of carbonyl (C=O) groups excluding carboxylic acids is 2. The van der Waals surface area contributed by atoms with Gasteiger partial charge in [0.2, 0.25) is 5.78 Å². The van der Waals surface area contributed by atoms with Crippen LogP contribution in [0.15, 0.2) is 48.5 Å². The van der Waals surface area contributed by atoms with E-state index in [4.69, 9.17) is 9.47 Å². The standard InChI is InChI=1S/C21H22O4S2/c1-3-24-18-10-8-15(9-11-18)19(22)14(2)25-20(23)16-4-6-17(7-5-16)21-26-12-13-27-21/h4-11,14,21H,3,12-13H2,1-2H3/t14-/m0/s1. The van der Waals surface area contributed by atoms with Crippen LogP contribution in [0.5, 0.6) is 5.75 Å². The van der Waals surface area contributed by atoms with E-state index >= 15 is 0 Å². The van der Waals surface area contributed by atoms with Crippen LogP contribution in [0.4, 0.5) is 0 Å². The Morgan fingerprint density at radius 1 is 1.00 bits per heavy atom. The van der Waals surface area contributed by atoms with Crippen LogP contribution in [0.1, 0.15) is 44.7 Å². The van der Waals surface area contributed by atoms with Crippen molar-refractivity contribution in [3.05, 3.63) is 65.2 Å². The van der Waals surface area contributed by atoms with E-state index in [1.807, 2.05) is 42.6 Å². The zero-order valence-corrected chi connectivity index (χ0v) is 17.0. The van der Waals surface area contributed by atoms with Gasteiger partial charge in [0.15, 0.2) is 6.10 Å². The molecule has 0 bridgehead atoms. The van der Waals surface area contributed by atoms with Gasteiger partial charge in [-0.2, -0.15) is 0 Å². The van der Waals surface area contributed by atoms with E-state index in [1.54, 1.807) is 43.3 Å². The van der Waals surface area contributed by atoms with Crippen molar-refractivity contribution in [3.8, 4) is 5.75 Å². The van der Waals surface area contributed by atoms with Crippen molar-refractivity contribution in [2.24, 2.45) is 0 Å². The average molecular weight is 403 g/mol. The van der Waals surface area contributed by atoms with Crippen molar-refractivity contribution >= 4 is 35.3 Å². The smallest absolute Gasteiger partial charge is 0.338 e. The number of carbonyl (C=O) groups is 2. The Labute approximate surface area is 168 Å². The topological polar surface area (TPSA) is 52.6 Å². The molecule has 0 N–H and O–H groups in total. The second-order valence-corrected chi connectivity index (χ2v) is 8.79. The number of hydrogen-bond donors (Lipinski definition) is 0. The quantitative estimate of drug-likeness (QED) is 0.480. The summed E-state index contributed by atoms with van der Waals surface area (Å²) in [6, 6.07) is 14.3. The predicted octanol–water partition coefficient (Wildman–Crippen LogP) is 4.99. The third kappa shape index (κ3) is 5.08. The van der Waals surface area contributed by atoms with Crippen LogP contribution in [-0.2, 0) is 4.74 Å². The lowest BCUT2D eigenvalue weighted by molar-refractivity contribution is 0.0319. The average Bonchev–Trinajstić information content (AvgIpc) is 3.23. The third-order valence-electron chi connectivity index (χ3n) is 4.14. The molecule has 0 amide bonds. The minimum atomic E-state index is -0.851. The molecule has 142 valence electrons. The Balaban J connectivity index is 1.59. The zero-order valence-electron chi connectivity index (χ0n) is 15.3. The molecule has 4 nitrogen and oxygen atoms in total. The van der Waals surface area contributed by atoms with Crippen molar-refractivity contribution < 1.29 is 19.1 Å². The Morgan fingerprint density at radius 3 is 2.19 bits per heavy atom. The highest BCUT2D eigenvalue weighted by atomic mass is 32.2. The first-order valence-corrected chi connectivity index (χ1v) is 11.0. The highest BCUT2D eigenvalue weighted by molar-refractivity contribution is 8.19. The number of benzene rings is 2. The molecule has 1 fully saturated rings. The molecule has 1 aliphatic heterocycles. The normalized spacial score (nSPS) is 15.3. The van der Waals surface area contributed by atoms with Crippen molar-refractivity contribution in [1.82, 2.24) is 0 Å². The van der Waals surface area contributed by atoms with Gasteiger partial charge < -0.3 is 9.47 Å². The van der Waals surface area contributed by atoms with Gasteiger partial charge in [0, 0.05) is 17.1 Å². The Bertz CT molecular complexity index is 781. The van der Waals surface area contributed by atoms with E-state index in [9.17, 15) is 9.59 Å². The van der Waals surface area contributed by atoms with E-state index in [1.165, 1.54) is 5.56 Å². The summed E-state index contributed by atoms with van der Waals surface area (Å²) in [5.41, 5.74) is 2.15. The maximum atomic E-state index is 12.5. The SMILES string of the molecule is CCOc1ccc(C(=O)[C@H](C)OC(=O)c2ccc(C3SCCS3)cc2)cc1. The summed E-state index contributed by atoms with van der Waals surface area (Å²) in [7, 11) is 0. The molecule has 0 aromatic heterocycles. The number of hydrogen-bond acceptors (Lipinski definition) is 6. The molecule has 1 heterocycles. The van der Waals surface area contributed by atoms with Gasteiger partial charge in [0.25, 0.3) is 0 Å². The highest BCUT2D eigenvalue weighted by Gasteiger charge is 2.22. The minimum Gasteiger partial charge on any atom is -0.494 e. The van der Waals surface area contributed by atoms with Gasteiger partial charge >= 0.3 is 5.97 Å². The van der Waals surface area contributed by atoms with Gasteiger partial charge in [-0.05, 0) is 55.8 Å². The number of esters is 1. The first-order valence-electron chi connectivity index (χ1n) is 8.89. The zero-order chi connectivity index (χ0) is 19.2. The molecule has 2 aromatic rings. The van der Waals surface area contributed by atoms with Crippen LogP contribution in [0.2, 0.25) is 0 Å². The molecule has 0 unspecified atom stereocenters. The van der Waals surface area contributed by atoms with Crippen LogP contribution in [0, 0.1) is 0 Å². The molecule has 3 rings (SSSR count). The van der Waals surface area contributed by atoms with Crippen LogP contribution in [-0.4, -0.2) is 36.0 Å². The van der Waals surface area contributed by atoms with Crippen molar-refractivity contribution in [3.63, 3.8) is 0 Å². The maximum absolute atomic E-state index is 12.5. The lowest BCUT2D eigenvalue weighted by atomic mass is 10.1. The molecule has 1 saturated heterocycles. The Hall–Kier alpha value is -1.92. The van der Waals surface area contributed by atoms with Gasteiger partial charge in [-0.3, -0.25) is 4.79 Å². The van der Waals surface area contributed by atoms with E-state index < -0.39 is 12.1 Å². The summed E-state index contributed by atoms with van der Waals surface area (Å²) >= 11 is 3.84. The third-order valence-corrected chi connectivity index (χ3v) is 7.25. The lowest BCUT2D eigenvalue weighted by Crippen LogP contribution is -2.24. The van der Waals surface area contributed by atoms with Gasteiger partial charge in [-0.25, -0.2) is 4.79 Å². The summed E-state index contributed by atoms with van der Waals surface area (Å²) in [4.78, 5) is 24.8. The maximum Gasteiger partial charge on any atom is 0.338 e. The predicted molar refractivity (Wildman–Crippen MR) is 111 cm³/mol. The fraction of sp³-hybridized carbons (Fsp3) is 0.333. The largest absolute Gasteiger partial charge is 0.494 e. The molecular weight excluding hydrogens is 380 g/mol. The van der Waals surface area contributed by atoms with Crippen LogP contribution in [0.25, 0.3) is 0 Å². The molecule has 0 saturated carbocycles. The van der Waals surface area contributed by atoms with E-state index in [2.05, 4.69) is 0 Å². The minimum absolute atomic E-state index is 0.234. The summed E-state index contributed by atoms with van der Waals surface area (Å²) in [6.45, 7) is 4.06. The fourth-order valence-corrected chi connectivity index (χ4v) is 5.59. The molecule has 1 aliphatic rings. The Morgan fingerprint density at radius 2 is 1.59 bits per heavy atom. The van der Waals surface area contributed by atoms with Gasteiger partial charge in [-0.15, -0.1) is 23.5 Å². The van der Waals surface area contributed by atoms with Gasteiger partial charge in [0.05, 0.1) is 16.8 Å². The Kier molecular flexibility index (Phi) is 6.85. The number of Topliss-reactive ketones (excluding diaryl/α,β-unsaturated/α-hetero) is 1. The molecular formula is C21H22O4S2. The van der Waals surface area contributed by atoms with Crippen LogP contribution in [0.3, 0.4) is 0 Å². The van der Waals surface area contributed by atoms with E-state index in [-0.39, 0.29) is 5.78 Å². The van der Waals surface area contributed by atoms with Crippen LogP contribution >= 0.6 is 23.5 Å². The lowest BCUT2D eigenvalue weighted by Gasteiger charge is -2.13. The van der Waals surface area contributed by atoms with Gasteiger partial charge in [0.1, 0.15) is 5.75 Å². The summed E-state index contributed by atoms with van der Waals surface area (Å²) in [6.07, 6.45) is -0.851. The highest BCUT2D eigenvalue weighted by Crippen LogP contribution is 2.45. The molecule has 2 aromatic carbocycles. The summed E-state index contributed by atoms with van der Waals surface area (Å²) < 4.78 is 11.2. The molecule has 6 heteroatoms. The number of ketones is 1. The number of thioether (sulfide) groups is 2. The fourth-order valence-electron chi connectivity index (χ4n) is 2.73. The number of rotatable bonds is 7. The molecule has 0 spiro atoms. The second kappa shape index (κ2) is 9.33. The van der Waals surface area contributed by atoms with E-state index in [0.29, 0.717) is 28.1 Å². The van der Waals surface area contributed by atoms with Crippen molar-refractivity contribution in [2.75, 3.05) is 18.1 Å². The summed E-state index contributed by atoms with van der Waals surface area (Å²) in [5, 5.41) is 0. The molecule has 0 aliphatic carbocycles. The monoisotopic (exact) mass is 402 g/mol. The number of ether oxygens (including phenoxy) is 2.